The van der Waals surface area contributed by atoms with Gasteiger partial charge in [-0.25, -0.2) is 4.79 Å². The van der Waals surface area contributed by atoms with E-state index < -0.39 is 47.6 Å². The van der Waals surface area contributed by atoms with E-state index in [9.17, 15) is 33.0 Å². The molecule has 196 valence electrons. The number of halogens is 3. The van der Waals surface area contributed by atoms with Crippen molar-refractivity contribution in [2.45, 2.75) is 68.6 Å². The number of esters is 2. The van der Waals surface area contributed by atoms with Crippen molar-refractivity contribution in [1.29, 1.82) is 0 Å². The molecule has 1 spiro atoms. The average Bonchev–Trinajstić information content (AvgIpc) is 3.15. The van der Waals surface area contributed by atoms with Crippen LogP contribution in [0.15, 0.2) is 24.0 Å². The molecule has 2 heterocycles. The highest BCUT2D eigenvalue weighted by molar-refractivity contribution is 5.79. The summed E-state index contributed by atoms with van der Waals surface area (Å²) >= 11 is 0. The van der Waals surface area contributed by atoms with E-state index in [1.807, 2.05) is 13.1 Å². The smallest absolute Gasteiger partial charge is 0.446 e. The highest BCUT2D eigenvalue weighted by Crippen LogP contribution is 2.65. The molecule has 5 rings (SSSR count). The molecule has 0 amide bonds. The summed E-state index contributed by atoms with van der Waals surface area (Å²) < 4.78 is 48.0. The van der Waals surface area contributed by atoms with Crippen molar-refractivity contribution in [3.05, 3.63) is 35.1 Å². The highest BCUT2D eigenvalue weighted by Gasteiger charge is 2.72. The fourth-order valence-electron chi connectivity index (χ4n) is 5.93. The molecule has 1 fully saturated rings. The second-order valence-corrected chi connectivity index (χ2v) is 9.43. The second kappa shape index (κ2) is 8.77. The third-order valence-electron chi connectivity index (χ3n) is 7.38. The number of hydrogen-bond donors (Lipinski definition) is 2. The van der Waals surface area contributed by atoms with Crippen molar-refractivity contribution in [3.63, 3.8) is 0 Å². The highest BCUT2D eigenvalue weighted by atomic mass is 19.4. The van der Waals surface area contributed by atoms with Gasteiger partial charge < -0.3 is 29.3 Å². The molecule has 2 N–H and O–H groups in total. The number of likely N-dealkylation sites (tertiary alicyclic amines) is 1. The van der Waals surface area contributed by atoms with Gasteiger partial charge in [-0.1, -0.05) is 6.07 Å². The van der Waals surface area contributed by atoms with Crippen LogP contribution in [-0.2, 0) is 35.7 Å². The first-order chi connectivity index (χ1) is 16.7. The molecule has 36 heavy (non-hydrogen) atoms. The fraction of sp³-hybridized carbons (Fsp3) is 0.542. The lowest BCUT2D eigenvalue weighted by Gasteiger charge is -2.61. The number of phenols is 1. The predicted molar refractivity (Wildman–Crippen MR) is 116 cm³/mol. The number of carbonyl (C=O) groups is 3. The molecule has 1 aromatic rings. The first-order valence-electron chi connectivity index (χ1n) is 11.3. The molecule has 9 nitrogen and oxygen atoms in total. The monoisotopic (exact) mass is 513 g/mol. The van der Waals surface area contributed by atoms with E-state index >= 15 is 0 Å². The SMILES string of the molecule is CC(=O)O[C@@H](C)C(=O)OC1=CC[C@@]2(O)[C@H]3Cc4ccc(O)c5c4[C@@]2(CCN3C)[C@H]1O5.O=CC(F)(F)F. The number of likely N-dealkylation sites (N-methyl/N-ethyl adjacent to an activating group) is 1. The molecule has 0 saturated carbocycles. The fourth-order valence-corrected chi connectivity index (χ4v) is 5.93. The molecular weight excluding hydrogens is 487 g/mol. The lowest BCUT2D eigenvalue weighted by atomic mass is 9.50. The summed E-state index contributed by atoms with van der Waals surface area (Å²) in [5, 5.41) is 22.5. The van der Waals surface area contributed by atoms with Gasteiger partial charge in [-0.05, 0) is 51.1 Å². The van der Waals surface area contributed by atoms with Gasteiger partial charge in [0.2, 0.25) is 6.29 Å². The van der Waals surface area contributed by atoms with Crippen LogP contribution >= 0.6 is 0 Å². The first kappa shape index (κ1) is 26.0. The summed E-state index contributed by atoms with van der Waals surface area (Å²) in [6.45, 7) is 3.42. The zero-order valence-corrected chi connectivity index (χ0v) is 19.8. The number of aldehydes is 1. The van der Waals surface area contributed by atoms with E-state index in [-0.39, 0.29) is 17.6 Å². The molecule has 4 aliphatic rings. The van der Waals surface area contributed by atoms with Crippen molar-refractivity contribution in [1.82, 2.24) is 4.90 Å². The van der Waals surface area contributed by atoms with Gasteiger partial charge in [-0.15, -0.1) is 0 Å². The molecule has 0 radical (unpaired) electrons. The van der Waals surface area contributed by atoms with Gasteiger partial charge in [0.05, 0.1) is 11.0 Å². The van der Waals surface area contributed by atoms with E-state index in [0.29, 0.717) is 25.0 Å². The number of aromatic hydroxyl groups is 1. The van der Waals surface area contributed by atoms with Crippen LogP contribution in [-0.4, -0.2) is 77.0 Å². The Kier molecular flexibility index (Phi) is 6.32. The van der Waals surface area contributed by atoms with Gasteiger partial charge in [0.15, 0.2) is 23.7 Å². The van der Waals surface area contributed by atoms with Crippen LogP contribution in [0.1, 0.15) is 37.8 Å². The summed E-state index contributed by atoms with van der Waals surface area (Å²) in [5.41, 5.74) is -0.0731. The molecule has 0 unspecified atom stereocenters. The van der Waals surface area contributed by atoms with Crippen molar-refractivity contribution < 1.29 is 52.0 Å². The zero-order valence-electron chi connectivity index (χ0n) is 19.8. The van der Waals surface area contributed by atoms with Gasteiger partial charge in [-0.3, -0.25) is 9.59 Å². The maximum Gasteiger partial charge on any atom is 0.446 e. The molecule has 2 aliphatic heterocycles. The minimum atomic E-state index is -4.64. The van der Waals surface area contributed by atoms with Crippen molar-refractivity contribution in [2.75, 3.05) is 13.6 Å². The first-order valence-corrected chi connectivity index (χ1v) is 11.3. The van der Waals surface area contributed by atoms with Crippen molar-refractivity contribution >= 4 is 18.2 Å². The summed E-state index contributed by atoms with van der Waals surface area (Å²) in [7, 11) is 2.01. The van der Waals surface area contributed by atoms with Gasteiger partial charge in [-0.2, -0.15) is 13.2 Å². The predicted octanol–water partition coefficient (Wildman–Crippen LogP) is 1.91. The number of phenolic OH excluding ortho intramolecular Hbond substituents is 1. The van der Waals surface area contributed by atoms with Gasteiger partial charge in [0.1, 0.15) is 5.76 Å². The Labute approximate surface area is 204 Å². The molecule has 12 heteroatoms. The topological polar surface area (TPSA) is 123 Å². The number of carbonyl (C=O) groups excluding carboxylic acids is 3. The number of ether oxygens (including phenoxy) is 3. The van der Waals surface area contributed by atoms with Crippen LogP contribution in [0.3, 0.4) is 0 Å². The summed E-state index contributed by atoms with van der Waals surface area (Å²) in [5.74, 6) is -0.625. The maximum atomic E-state index is 12.5. The molecular formula is C24H26F3NO8. The van der Waals surface area contributed by atoms with Gasteiger partial charge in [0, 0.05) is 24.9 Å². The van der Waals surface area contributed by atoms with Crippen LogP contribution in [0.4, 0.5) is 13.2 Å². The number of alkyl halides is 3. The Hall–Kier alpha value is -3.12. The maximum absolute atomic E-state index is 12.5. The van der Waals surface area contributed by atoms with Crippen molar-refractivity contribution in [3.8, 4) is 11.5 Å². The average molecular weight is 513 g/mol. The molecule has 2 bridgehead atoms. The number of hydrogen-bond acceptors (Lipinski definition) is 9. The number of nitrogens with zero attached hydrogens (tertiary/aromatic N) is 1. The van der Waals surface area contributed by atoms with Crippen LogP contribution in [0, 0.1) is 0 Å². The summed E-state index contributed by atoms with van der Waals surface area (Å²) in [6.07, 6.45) is -4.27. The summed E-state index contributed by atoms with van der Waals surface area (Å²) in [4.78, 5) is 34.6. The van der Waals surface area contributed by atoms with Crippen LogP contribution in [0.5, 0.6) is 11.5 Å². The number of benzene rings is 1. The van der Waals surface area contributed by atoms with E-state index in [1.54, 1.807) is 12.1 Å². The van der Waals surface area contributed by atoms with Crippen molar-refractivity contribution in [2.24, 2.45) is 0 Å². The number of rotatable bonds is 3. The third-order valence-corrected chi connectivity index (χ3v) is 7.38. The van der Waals surface area contributed by atoms with E-state index in [0.717, 1.165) is 17.7 Å². The van der Waals surface area contributed by atoms with Gasteiger partial charge >= 0.3 is 18.1 Å². The quantitative estimate of drug-likeness (QED) is 0.461. The Morgan fingerprint density at radius 3 is 2.61 bits per heavy atom. The molecule has 1 aromatic carbocycles. The second-order valence-electron chi connectivity index (χ2n) is 9.43. The standard InChI is InChI=1S/C22H25NO7.C2HF3O/c1-11(28-12(2)24)20(26)29-15-6-7-22(27)16-10-13-4-5-14(25)18-17(13)21(22,19(15)30-18)8-9-23(16)3;3-2(4,5)1-6/h4-6,11,16,19,25,27H,7-10H2,1-3H3;1H/t11-,16+,19-,21-,22+;/m0./s1. The molecule has 0 aromatic heterocycles. The molecule has 1 saturated heterocycles. The Morgan fingerprint density at radius 2 is 2.00 bits per heavy atom. The van der Waals surface area contributed by atoms with E-state index in [4.69, 9.17) is 19.0 Å². The van der Waals surface area contributed by atoms with Gasteiger partial charge in [0.25, 0.3) is 0 Å². The zero-order chi connectivity index (χ0) is 26.6. The normalized spacial score (nSPS) is 30.5. The summed E-state index contributed by atoms with van der Waals surface area (Å²) in [6, 6.07) is 3.38. The van der Waals surface area contributed by atoms with E-state index in [2.05, 4.69) is 4.90 Å². The largest absolute Gasteiger partial charge is 0.504 e. The number of piperidine rings is 1. The molecule has 2 aliphatic carbocycles. The minimum absolute atomic E-state index is 0.0104. The Morgan fingerprint density at radius 1 is 1.33 bits per heavy atom. The lowest BCUT2D eigenvalue weighted by molar-refractivity contribution is -0.175. The van der Waals surface area contributed by atoms with Crippen LogP contribution < -0.4 is 4.74 Å². The Bertz CT molecular complexity index is 1140. The van der Waals surface area contributed by atoms with Crippen LogP contribution in [0.25, 0.3) is 0 Å². The van der Waals surface area contributed by atoms with Crippen LogP contribution in [0.2, 0.25) is 0 Å². The Balaban J connectivity index is 0.000000455. The third kappa shape index (κ3) is 3.92. The van der Waals surface area contributed by atoms with E-state index in [1.165, 1.54) is 13.8 Å². The lowest BCUT2D eigenvalue weighted by Crippen LogP contribution is -2.74. The number of aliphatic hydroxyl groups is 1. The molecule has 5 atom stereocenters. The minimum Gasteiger partial charge on any atom is -0.504 e.